The monoisotopic (exact) mass is 614 g/mol. The van der Waals surface area contributed by atoms with E-state index >= 15 is 0 Å². The Labute approximate surface area is 262 Å². The van der Waals surface area contributed by atoms with Crippen molar-refractivity contribution in [1.82, 2.24) is 24.4 Å². The molecule has 45 heavy (non-hydrogen) atoms. The number of anilines is 1. The number of carboxylic acid groups (broad SMARTS) is 1. The first-order valence-corrected chi connectivity index (χ1v) is 15.8. The molecule has 5 rings (SSSR count). The van der Waals surface area contributed by atoms with E-state index in [2.05, 4.69) is 26.8 Å². The van der Waals surface area contributed by atoms with Crippen LogP contribution in [0.4, 0.5) is 5.82 Å². The maximum atomic E-state index is 13.7. The largest absolute Gasteiger partial charge is 0.478 e. The van der Waals surface area contributed by atoms with Gasteiger partial charge in [0.05, 0.1) is 12.2 Å². The van der Waals surface area contributed by atoms with Crippen LogP contribution in [0.15, 0.2) is 59.4 Å². The Balaban J connectivity index is 1.17. The number of ether oxygens (including phenoxy) is 1. The first kappa shape index (κ1) is 31.9. The van der Waals surface area contributed by atoms with Crippen molar-refractivity contribution in [2.45, 2.75) is 64.3 Å². The number of benzene rings is 2. The number of aromatic nitrogens is 4. The van der Waals surface area contributed by atoms with Crippen molar-refractivity contribution in [3.8, 4) is 6.01 Å². The second-order valence-corrected chi connectivity index (χ2v) is 11.8. The molecule has 1 fully saturated rings. The van der Waals surface area contributed by atoms with Gasteiger partial charge in [0, 0.05) is 18.9 Å². The highest BCUT2D eigenvalue weighted by Crippen LogP contribution is 2.35. The first-order chi connectivity index (χ1) is 21.8. The van der Waals surface area contributed by atoms with Gasteiger partial charge in [-0.1, -0.05) is 55.8 Å². The predicted octanol–water partition coefficient (Wildman–Crippen LogP) is 4.67. The number of imidazole rings is 1. The summed E-state index contributed by atoms with van der Waals surface area (Å²) in [6.45, 7) is 5.71. The molecule has 1 unspecified atom stereocenters. The fourth-order valence-corrected chi connectivity index (χ4v) is 6.19. The molecule has 0 saturated carbocycles. The fourth-order valence-electron chi connectivity index (χ4n) is 6.19. The van der Waals surface area contributed by atoms with Gasteiger partial charge in [-0.25, -0.2) is 9.59 Å². The van der Waals surface area contributed by atoms with E-state index in [0.29, 0.717) is 30.7 Å². The van der Waals surface area contributed by atoms with E-state index in [1.165, 1.54) is 0 Å². The van der Waals surface area contributed by atoms with Crippen LogP contribution in [0.2, 0.25) is 0 Å². The number of nitrogens with zero attached hydrogens (tertiary/aromatic N) is 4. The molecule has 0 amide bonds. The number of nitrogens with two attached hydrogens (primary N) is 1. The molecule has 1 atom stereocenters. The molecule has 3 heterocycles. The summed E-state index contributed by atoms with van der Waals surface area (Å²) in [5.74, 6) is -0.722. The molecule has 238 valence electrons. The van der Waals surface area contributed by atoms with Gasteiger partial charge >= 0.3 is 17.7 Å². The van der Waals surface area contributed by atoms with Crippen molar-refractivity contribution in [3.63, 3.8) is 0 Å². The summed E-state index contributed by atoms with van der Waals surface area (Å²) in [5.41, 5.74) is 8.78. The van der Waals surface area contributed by atoms with Gasteiger partial charge in [-0.15, -0.1) is 0 Å². The smallest absolute Gasteiger partial charge is 0.335 e. The number of carboxylic acids is 1. The van der Waals surface area contributed by atoms with Gasteiger partial charge in [-0.05, 0) is 80.9 Å². The fraction of sp³-hybridized carbons (Fsp3) is 0.441. The van der Waals surface area contributed by atoms with E-state index < -0.39 is 5.97 Å². The zero-order chi connectivity index (χ0) is 31.8. The molecule has 2 aromatic carbocycles. The van der Waals surface area contributed by atoms with Gasteiger partial charge in [0.15, 0.2) is 11.5 Å². The van der Waals surface area contributed by atoms with Gasteiger partial charge in [0.2, 0.25) is 0 Å². The lowest BCUT2D eigenvalue weighted by Crippen LogP contribution is -2.38. The highest BCUT2D eigenvalue weighted by molar-refractivity contribution is 5.90. The zero-order valence-electron chi connectivity index (χ0n) is 25.8. The predicted molar refractivity (Wildman–Crippen MR) is 173 cm³/mol. The summed E-state index contributed by atoms with van der Waals surface area (Å²) in [5, 5.41) is 9.35. The molecular formula is C34H42N6O5. The molecule has 0 spiro atoms. The van der Waals surface area contributed by atoms with Gasteiger partial charge < -0.3 is 25.5 Å². The molecule has 11 heteroatoms. The number of aryl methyl sites for hydroxylation is 1. The van der Waals surface area contributed by atoms with E-state index in [1.807, 2.05) is 30.3 Å². The second kappa shape index (κ2) is 15.0. The van der Waals surface area contributed by atoms with Crippen molar-refractivity contribution in [3.05, 3.63) is 81.8 Å². The number of hydrogen-bond acceptors (Lipinski definition) is 8. The summed E-state index contributed by atoms with van der Waals surface area (Å²) < 4.78 is 7.24. The number of H-pyrrole nitrogens is 1. The van der Waals surface area contributed by atoms with E-state index in [0.717, 1.165) is 69.3 Å². The van der Waals surface area contributed by atoms with E-state index in [-0.39, 0.29) is 40.7 Å². The number of aromatic amines is 1. The lowest BCUT2D eigenvalue weighted by molar-refractivity contribution is -0.121. The summed E-state index contributed by atoms with van der Waals surface area (Å²) in [7, 11) is 0. The number of carbonyl (C=O) groups is 2. The number of piperidine rings is 1. The number of fused-ring (bicyclic) bond motifs is 1. The molecule has 11 nitrogen and oxygen atoms in total. The second-order valence-electron chi connectivity index (χ2n) is 11.8. The van der Waals surface area contributed by atoms with E-state index in [1.54, 1.807) is 28.8 Å². The Kier molecular flexibility index (Phi) is 10.6. The van der Waals surface area contributed by atoms with Crippen LogP contribution in [0.1, 0.15) is 72.9 Å². The Bertz CT molecular complexity index is 1640. The Hall–Kier alpha value is -4.51. The summed E-state index contributed by atoms with van der Waals surface area (Å²) in [4.78, 5) is 51.6. The molecule has 0 radical (unpaired) electrons. The minimum Gasteiger partial charge on any atom is -0.478 e. The number of ketones is 1. The van der Waals surface area contributed by atoms with Crippen molar-refractivity contribution in [2.75, 3.05) is 32.0 Å². The van der Waals surface area contributed by atoms with Crippen LogP contribution in [0, 0.1) is 5.92 Å². The summed E-state index contributed by atoms with van der Waals surface area (Å²) >= 11 is 0. The molecule has 4 N–H and O–H groups in total. The highest BCUT2D eigenvalue weighted by atomic mass is 16.5. The van der Waals surface area contributed by atoms with Crippen LogP contribution in [0.5, 0.6) is 6.01 Å². The number of nitrogens with one attached hydrogen (secondary N) is 1. The molecule has 0 bridgehead atoms. The molecule has 1 aliphatic heterocycles. The van der Waals surface area contributed by atoms with Crippen LogP contribution >= 0.6 is 0 Å². The Morgan fingerprint density at radius 2 is 1.73 bits per heavy atom. The topological polar surface area (TPSA) is 156 Å². The zero-order valence-corrected chi connectivity index (χ0v) is 25.8. The maximum absolute atomic E-state index is 13.7. The lowest BCUT2D eigenvalue weighted by Gasteiger charge is -2.36. The van der Waals surface area contributed by atoms with E-state index in [4.69, 9.17) is 10.5 Å². The molecule has 1 aliphatic rings. The average molecular weight is 615 g/mol. The Morgan fingerprint density at radius 1 is 1.02 bits per heavy atom. The van der Waals surface area contributed by atoms with Gasteiger partial charge in [-0.3, -0.25) is 9.36 Å². The number of likely N-dealkylation sites (tertiary alicyclic amines) is 1. The molecule has 0 aliphatic carbocycles. The third-order valence-electron chi connectivity index (χ3n) is 8.65. The van der Waals surface area contributed by atoms with Crippen LogP contribution in [0.25, 0.3) is 11.2 Å². The van der Waals surface area contributed by atoms with Crippen LogP contribution < -0.4 is 16.2 Å². The molecule has 4 aromatic rings. The highest BCUT2D eigenvalue weighted by Gasteiger charge is 2.32. The lowest BCUT2D eigenvalue weighted by atomic mass is 9.76. The first-order valence-electron chi connectivity index (χ1n) is 15.8. The standard InChI is InChI=1S/C34H42N6O5/c1-2-3-21-45-33-37-30(35)29-31(38-33)40(34(44)36-29)18-8-7-17-39-19-15-25(16-20-39)28(24-11-13-26(14-12-24)32(42)43)27(41)22-23-9-5-4-6-10-23/h4-6,9-14,25,28H,2-3,7-8,15-22H2,1H3,(H,36,44)(H,42,43)(H2,35,37,38). The van der Waals surface area contributed by atoms with Crippen molar-refractivity contribution < 1.29 is 19.4 Å². The third-order valence-corrected chi connectivity index (χ3v) is 8.65. The quantitative estimate of drug-likeness (QED) is 0.162. The van der Waals surface area contributed by atoms with Gasteiger partial charge in [0.1, 0.15) is 11.3 Å². The number of hydrogen-bond donors (Lipinski definition) is 3. The van der Waals surface area contributed by atoms with Crippen LogP contribution in [-0.2, 0) is 17.8 Å². The number of aromatic carboxylic acids is 1. The Morgan fingerprint density at radius 3 is 2.42 bits per heavy atom. The minimum atomic E-state index is -0.977. The number of rotatable bonds is 15. The van der Waals surface area contributed by atoms with E-state index in [9.17, 15) is 19.5 Å². The number of nitrogen functional groups attached to an aromatic ring is 1. The number of Topliss-reactive ketones (excluding diaryl/α,β-unsaturated/α-hetero) is 1. The van der Waals surface area contributed by atoms with Crippen LogP contribution in [-0.4, -0.2) is 67.5 Å². The number of unbranched alkanes of at least 4 members (excludes halogenated alkanes) is 2. The summed E-state index contributed by atoms with van der Waals surface area (Å²) in [6, 6.07) is 16.7. The van der Waals surface area contributed by atoms with Gasteiger partial charge in [-0.2, -0.15) is 9.97 Å². The van der Waals surface area contributed by atoms with Crippen molar-refractivity contribution in [1.29, 1.82) is 0 Å². The third kappa shape index (κ3) is 7.96. The SMILES string of the molecule is CCCCOc1nc(N)c2[nH]c(=O)n(CCCCN3CCC(C(C(=O)Cc4ccccc4)c4ccc(C(=O)O)cc4)CC3)c2n1. The average Bonchev–Trinajstić information content (AvgIpc) is 3.36. The van der Waals surface area contributed by atoms with Crippen molar-refractivity contribution in [2.24, 2.45) is 5.92 Å². The van der Waals surface area contributed by atoms with Crippen molar-refractivity contribution >= 4 is 28.7 Å². The molecule has 2 aromatic heterocycles. The van der Waals surface area contributed by atoms with Crippen LogP contribution in [0.3, 0.4) is 0 Å². The van der Waals surface area contributed by atoms with Gasteiger partial charge in [0.25, 0.3) is 0 Å². The minimum absolute atomic E-state index is 0.162. The number of carbonyl (C=O) groups excluding carboxylic acids is 1. The normalized spacial score (nSPS) is 14.9. The molecular weight excluding hydrogens is 572 g/mol. The maximum Gasteiger partial charge on any atom is 0.335 e. The summed E-state index contributed by atoms with van der Waals surface area (Å²) in [6.07, 6.45) is 5.66. The molecule has 1 saturated heterocycles.